The van der Waals surface area contributed by atoms with Crippen molar-refractivity contribution in [2.45, 2.75) is 31.8 Å². The van der Waals surface area contributed by atoms with E-state index < -0.39 is 0 Å². The SMILES string of the molecule is NC1CCCC2CN(Cc3cccc4cccnc34)CC12. The summed E-state index contributed by atoms with van der Waals surface area (Å²) in [6.07, 6.45) is 5.78. The highest BCUT2D eigenvalue weighted by Crippen LogP contribution is 2.36. The molecule has 1 aromatic carbocycles. The van der Waals surface area contributed by atoms with Crippen molar-refractivity contribution < 1.29 is 0 Å². The fraction of sp³-hybridized carbons (Fsp3) is 0.500. The Morgan fingerprint density at radius 1 is 1.14 bits per heavy atom. The Hall–Kier alpha value is -1.45. The van der Waals surface area contributed by atoms with Gasteiger partial charge in [0.1, 0.15) is 0 Å². The number of rotatable bonds is 2. The van der Waals surface area contributed by atoms with E-state index in [1.54, 1.807) is 0 Å². The summed E-state index contributed by atoms with van der Waals surface area (Å²) in [5, 5.41) is 1.24. The summed E-state index contributed by atoms with van der Waals surface area (Å²) in [6, 6.07) is 11.1. The van der Waals surface area contributed by atoms with E-state index in [4.69, 9.17) is 5.73 Å². The highest BCUT2D eigenvalue weighted by Gasteiger charge is 2.38. The predicted octanol–water partition coefficient (Wildman–Crippen LogP) is 2.79. The van der Waals surface area contributed by atoms with Crippen molar-refractivity contribution in [3.8, 4) is 0 Å². The van der Waals surface area contributed by atoms with Crippen molar-refractivity contribution >= 4 is 10.9 Å². The van der Waals surface area contributed by atoms with Crippen molar-refractivity contribution in [3.63, 3.8) is 0 Å². The van der Waals surface area contributed by atoms with Gasteiger partial charge in [-0.15, -0.1) is 0 Å². The van der Waals surface area contributed by atoms with Crippen LogP contribution < -0.4 is 5.73 Å². The van der Waals surface area contributed by atoms with E-state index in [-0.39, 0.29) is 0 Å². The molecule has 3 atom stereocenters. The molecule has 0 spiro atoms. The van der Waals surface area contributed by atoms with E-state index in [1.807, 2.05) is 12.3 Å². The van der Waals surface area contributed by atoms with Gasteiger partial charge in [0.15, 0.2) is 0 Å². The summed E-state index contributed by atoms with van der Waals surface area (Å²) >= 11 is 0. The second-order valence-corrected chi connectivity index (χ2v) is 6.71. The number of nitrogens with zero attached hydrogens (tertiary/aromatic N) is 2. The summed E-state index contributed by atoms with van der Waals surface area (Å²) in [6.45, 7) is 3.38. The third-order valence-electron chi connectivity index (χ3n) is 5.34. The normalized spacial score (nSPS) is 29.7. The van der Waals surface area contributed by atoms with Crippen molar-refractivity contribution in [1.29, 1.82) is 0 Å². The van der Waals surface area contributed by atoms with Gasteiger partial charge >= 0.3 is 0 Å². The summed E-state index contributed by atoms with van der Waals surface area (Å²) in [7, 11) is 0. The molecule has 0 bridgehead atoms. The molecule has 2 aliphatic rings. The van der Waals surface area contributed by atoms with Gasteiger partial charge in [-0.3, -0.25) is 9.88 Å². The molecule has 3 heteroatoms. The largest absolute Gasteiger partial charge is 0.327 e. The first-order valence-electron chi connectivity index (χ1n) is 8.12. The molecule has 2 heterocycles. The third kappa shape index (κ3) is 2.45. The summed E-state index contributed by atoms with van der Waals surface area (Å²) in [5.41, 5.74) is 8.83. The molecular weight excluding hydrogens is 258 g/mol. The zero-order valence-electron chi connectivity index (χ0n) is 12.4. The molecule has 1 aromatic heterocycles. The highest BCUT2D eigenvalue weighted by molar-refractivity contribution is 5.81. The van der Waals surface area contributed by atoms with Gasteiger partial charge in [-0.2, -0.15) is 0 Å². The fourth-order valence-corrected chi connectivity index (χ4v) is 4.27. The fourth-order valence-electron chi connectivity index (χ4n) is 4.27. The Morgan fingerprint density at radius 3 is 2.95 bits per heavy atom. The lowest BCUT2D eigenvalue weighted by atomic mass is 9.78. The molecule has 2 N–H and O–H groups in total. The number of pyridine rings is 1. The van der Waals surface area contributed by atoms with Crippen LogP contribution in [0, 0.1) is 11.8 Å². The molecule has 0 radical (unpaired) electrons. The van der Waals surface area contributed by atoms with Crippen LogP contribution >= 0.6 is 0 Å². The molecule has 2 aromatic rings. The van der Waals surface area contributed by atoms with Gasteiger partial charge in [0, 0.05) is 37.3 Å². The maximum atomic E-state index is 6.33. The summed E-state index contributed by atoms with van der Waals surface area (Å²) in [5.74, 6) is 1.53. The molecule has 1 saturated heterocycles. The van der Waals surface area contributed by atoms with Crippen LogP contribution in [-0.2, 0) is 6.54 Å². The van der Waals surface area contributed by atoms with E-state index in [1.165, 1.54) is 36.8 Å². The van der Waals surface area contributed by atoms with Gasteiger partial charge < -0.3 is 5.73 Å². The molecule has 1 saturated carbocycles. The standard InChI is InChI=1S/C18H23N3/c19-17-8-2-5-14-10-21(12-16(14)17)11-15-6-1-4-13-7-3-9-20-18(13)15/h1,3-4,6-7,9,14,16-17H,2,5,8,10-12,19H2. The monoisotopic (exact) mass is 281 g/mol. The maximum absolute atomic E-state index is 6.33. The second kappa shape index (κ2) is 5.39. The predicted molar refractivity (Wildman–Crippen MR) is 85.8 cm³/mol. The van der Waals surface area contributed by atoms with Gasteiger partial charge in [-0.05, 0) is 36.3 Å². The van der Waals surface area contributed by atoms with E-state index in [9.17, 15) is 0 Å². The first-order valence-corrected chi connectivity index (χ1v) is 8.12. The Balaban J connectivity index is 1.56. The average molecular weight is 281 g/mol. The van der Waals surface area contributed by atoms with Crippen molar-refractivity contribution in [2.24, 2.45) is 17.6 Å². The highest BCUT2D eigenvalue weighted by atomic mass is 15.2. The van der Waals surface area contributed by atoms with Gasteiger partial charge in [-0.1, -0.05) is 30.7 Å². The number of hydrogen-bond acceptors (Lipinski definition) is 3. The number of nitrogens with two attached hydrogens (primary N) is 1. The lowest BCUT2D eigenvalue weighted by molar-refractivity contribution is 0.259. The average Bonchev–Trinajstić information content (AvgIpc) is 2.92. The maximum Gasteiger partial charge on any atom is 0.0746 e. The number of para-hydroxylation sites is 1. The van der Waals surface area contributed by atoms with E-state index >= 15 is 0 Å². The smallest absolute Gasteiger partial charge is 0.0746 e. The van der Waals surface area contributed by atoms with Crippen LogP contribution in [0.4, 0.5) is 0 Å². The summed E-state index contributed by atoms with van der Waals surface area (Å²) < 4.78 is 0. The van der Waals surface area contributed by atoms with Gasteiger partial charge in [0.2, 0.25) is 0 Å². The molecule has 1 aliphatic heterocycles. The van der Waals surface area contributed by atoms with Crippen LogP contribution in [0.15, 0.2) is 36.5 Å². The first-order chi connectivity index (χ1) is 10.3. The number of aromatic nitrogens is 1. The Bertz CT molecular complexity index is 634. The molecule has 1 aliphatic carbocycles. The van der Waals surface area contributed by atoms with Crippen molar-refractivity contribution in [3.05, 3.63) is 42.1 Å². The molecule has 21 heavy (non-hydrogen) atoms. The van der Waals surface area contributed by atoms with Gasteiger partial charge in [0.05, 0.1) is 5.52 Å². The number of likely N-dealkylation sites (tertiary alicyclic amines) is 1. The zero-order valence-corrected chi connectivity index (χ0v) is 12.4. The van der Waals surface area contributed by atoms with Gasteiger partial charge in [-0.25, -0.2) is 0 Å². The minimum Gasteiger partial charge on any atom is -0.327 e. The van der Waals surface area contributed by atoms with Crippen LogP contribution in [0.25, 0.3) is 10.9 Å². The lowest BCUT2D eigenvalue weighted by Crippen LogP contribution is -2.38. The lowest BCUT2D eigenvalue weighted by Gasteiger charge is -2.29. The topological polar surface area (TPSA) is 42.1 Å². The minimum atomic E-state index is 0.416. The van der Waals surface area contributed by atoms with Crippen LogP contribution in [0.1, 0.15) is 24.8 Å². The quantitative estimate of drug-likeness (QED) is 0.920. The molecule has 3 nitrogen and oxygen atoms in total. The molecule has 0 amide bonds. The molecular formula is C18H23N3. The van der Waals surface area contributed by atoms with E-state index in [0.717, 1.165) is 24.5 Å². The molecule has 2 fully saturated rings. The molecule has 4 rings (SSSR count). The van der Waals surface area contributed by atoms with Crippen LogP contribution in [-0.4, -0.2) is 29.0 Å². The summed E-state index contributed by atoms with van der Waals surface area (Å²) in [4.78, 5) is 7.16. The van der Waals surface area contributed by atoms with Crippen molar-refractivity contribution in [1.82, 2.24) is 9.88 Å². The van der Waals surface area contributed by atoms with Crippen LogP contribution in [0.5, 0.6) is 0 Å². The first kappa shape index (κ1) is 13.2. The van der Waals surface area contributed by atoms with E-state index in [2.05, 4.69) is 34.1 Å². The minimum absolute atomic E-state index is 0.416. The number of benzene rings is 1. The third-order valence-corrected chi connectivity index (χ3v) is 5.34. The van der Waals surface area contributed by atoms with Crippen LogP contribution in [0.2, 0.25) is 0 Å². The van der Waals surface area contributed by atoms with E-state index in [0.29, 0.717) is 12.0 Å². The Labute approximate surface area is 126 Å². The van der Waals surface area contributed by atoms with Crippen molar-refractivity contribution in [2.75, 3.05) is 13.1 Å². The second-order valence-electron chi connectivity index (χ2n) is 6.71. The Kier molecular flexibility index (Phi) is 3.40. The molecule has 3 unspecified atom stereocenters. The van der Waals surface area contributed by atoms with Gasteiger partial charge in [0.25, 0.3) is 0 Å². The molecule has 110 valence electrons. The number of fused-ring (bicyclic) bond motifs is 2. The van der Waals surface area contributed by atoms with Crippen LogP contribution in [0.3, 0.4) is 0 Å². The Morgan fingerprint density at radius 2 is 2.05 bits per heavy atom. The zero-order chi connectivity index (χ0) is 14.2. The number of hydrogen-bond donors (Lipinski definition) is 1.